The Labute approximate surface area is 151 Å². The number of rotatable bonds is 3. The van der Waals surface area contributed by atoms with Gasteiger partial charge in [0.2, 0.25) is 6.10 Å². The van der Waals surface area contributed by atoms with Crippen LogP contribution < -0.4 is 14.8 Å². The number of carbonyl (C=O) groups is 1. The first-order chi connectivity index (χ1) is 12.6. The number of thiazole rings is 1. The van der Waals surface area contributed by atoms with Crippen molar-refractivity contribution in [2.24, 2.45) is 0 Å². The molecule has 2 aromatic carbocycles. The lowest BCUT2D eigenvalue weighted by Crippen LogP contribution is -2.40. The Morgan fingerprint density at radius 3 is 2.62 bits per heavy atom. The van der Waals surface area contributed by atoms with E-state index in [2.05, 4.69) is 10.3 Å². The molecule has 0 saturated heterocycles. The zero-order valence-electron chi connectivity index (χ0n) is 13.2. The molecule has 0 spiro atoms. The summed E-state index contributed by atoms with van der Waals surface area (Å²) in [4.78, 5) is 16.5. The summed E-state index contributed by atoms with van der Waals surface area (Å²) in [6.45, 7) is 0.0586. The Morgan fingerprint density at radius 1 is 1.12 bits per heavy atom. The summed E-state index contributed by atoms with van der Waals surface area (Å²) in [5.41, 5.74) is -0.109. The molecule has 0 fully saturated rings. The van der Waals surface area contributed by atoms with Crippen molar-refractivity contribution in [1.82, 2.24) is 4.98 Å². The van der Waals surface area contributed by atoms with E-state index in [1.807, 2.05) is 6.07 Å². The number of hydrogen-bond acceptors (Lipinski definition) is 5. The summed E-state index contributed by atoms with van der Waals surface area (Å²) in [7, 11) is 0. The van der Waals surface area contributed by atoms with E-state index in [0.29, 0.717) is 11.5 Å². The van der Waals surface area contributed by atoms with Crippen molar-refractivity contribution in [1.29, 1.82) is 0 Å². The van der Waals surface area contributed by atoms with E-state index in [9.17, 15) is 13.6 Å². The smallest absolute Gasteiger partial charge is 0.270 e. The van der Waals surface area contributed by atoms with Gasteiger partial charge >= 0.3 is 0 Å². The Bertz CT molecular complexity index is 956. The number of aromatic nitrogens is 1. The van der Waals surface area contributed by atoms with Gasteiger partial charge in [-0.3, -0.25) is 10.1 Å². The van der Waals surface area contributed by atoms with Gasteiger partial charge in [0.1, 0.15) is 18.2 Å². The van der Waals surface area contributed by atoms with Gasteiger partial charge in [0, 0.05) is 5.38 Å². The summed E-state index contributed by atoms with van der Waals surface area (Å²) in [5, 5.41) is 4.28. The molecule has 132 valence electrons. The molecule has 26 heavy (non-hydrogen) atoms. The summed E-state index contributed by atoms with van der Waals surface area (Å²) in [5.74, 6) is -0.827. The molecule has 1 amide bonds. The molecule has 0 saturated carbocycles. The largest absolute Gasteiger partial charge is 0.485 e. The molecule has 1 aliphatic heterocycles. The highest BCUT2D eigenvalue weighted by Gasteiger charge is 2.28. The molecule has 2 heterocycles. The second-order valence-electron chi connectivity index (χ2n) is 5.49. The summed E-state index contributed by atoms with van der Waals surface area (Å²) >= 11 is 1.07. The number of ether oxygens (including phenoxy) is 2. The predicted molar refractivity (Wildman–Crippen MR) is 92.4 cm³/mol. The first-order valence-electron chi connectivity index (χ1n) is 7.71. The third kappa shape index (κ3) is 3.11. The lowest BCUT2D eigenvalue weighted by molar-refractivity contribution is -0.125. The van der Waals surface area contributed by atoms with Gasteiger partial charge in [0.25, 0.3) is 5.91 Å². The maximum absolute atomic E-state index is 13.8. The summed E-state index contributed by atoms with van der Waals surface area (Å²) in [6, 6.07) is 10.6. The van der Waals surface area contributed by atoms with Gasteiger partial charge in [-0.1, -0.05) is 18.2 Å². The fraction of sp³-hybridized carbons (Fsp3) is 0.111. The first-order valence-corrected chi connectivity index (χ1v) is 8.59. The fourth-order valence-electron chi connectivity index (χ4n) is 2.52. The van der Waals surface area contributed by atoms with Crippen molar-refractivity contribution >= 4 is 22.4 Å². The molecular weight excluding hydrogens is 362 g/mol. The topological polar surface area (TPSA) is 60.5 Å². The van der Waals surface area contributed by atoms with E-state index < -0.39 is 23.6 Å². The minimum atomic E-state index is -0.845. The Morgan fingerprint density at radius 2 is 1.85 bits per heavy atom. The van der Waals surface area contributed by atoms with Crippen LogP contribution in [0.15, 0.2) is 47.8 Å². The van der Waals surface area contributed by atoms with Crippen LogP contribution in [0, 0.1) is 11.6 Å². The minimum absolute atomic E-state index is 0.0586. The molecule has 0 bridgehead atoms. The van der Waals surface area contributed by atoms with E-state index in [1.165, 1.54) is 11.4 Å². The normalized spacial score (nSPS) is 15.5. The van der Waals surface area contributed by atoms with E-state index in [0.717, 1.165) is 23.5 Å². The number of benzene rings is 2. The average molecular weight is 374 g/mol. The number of nitrogens with zero attached hydrogens (tertiary/aromatic N) is 1. The number of carbonyl (C=O) groups excluding carboxylic acids is 1. The highest BCUT2D eigenvalue weighted by Crippen LogP contribution is 2.32. The van der Waals surface area contributed by atoms with Crippen molar-refractivity contribution in [2.45, 2.75) is 6.10 Å². The Kier molecular flexibility index (Phi) is 4.26. The summed E-state index contributed by atoms with van der Waals surface area (Å²) < 4.78 is 38.8. The molecule has 1 aliphatic rings. The lowest BCUT2D eigenvalue weighted by atomic mass is 10.1. The monoisotopic (exact) mass is 374 g/mol. The number of nitrogens with one attached hydrogen (secondary N) is 1. The number of halogens is 2. The fourth-order valence-corrected chi connectivity index (χ4v) is 3.23. The number of amides is 1. The number of anilines is 1. The van der Waals surface area contributed by atoms with Gasteiger partial charge in [-0.25, -0.2) is 13.8 Å². The maximum atomic E-state index is 13.8. The highest BCUT2D eigenvalue weighted by atomic mass is 32.1. The van der Waals surface area contributed by atoms with Crippen LogP contribution in [0.1, 0.15) is 0 Å². The second-order valence-corrected chi connectivity index (χ2v) is 6.35. The van der Waals surface area contributed by atoms with Gasteiger partial charge in [-0.05, 0) is 24.3 Å². The zero-order valence-corrected chi connectivity index (χ0v) is 14.1. The van der Waals surface area contributed by atoms with Crippen molar-refractivity contribution in [3.8, 4) is 22.8 Å². The molecule has 0 unspecified atom stereocenters. The van der Waals surface area contributed by atoms with E-state index in [-0.39, 0.29) is 23.0 Å². The van der Waals surface area contributed by atoms with Gasteiger partial charge < -0.3 is 9.47 Å². The summed E-state index contributed by atoms with van der Waals surface area (Å²) in [6.07, 6.45) is -0.845. The lowest BCUT2D eigenvalue weighted by Gasteiger charge is -2.25. The third-order valence-electron chi connectivity index (χ3n) is 3.75. The molecule has 1 atom stereocenters. The van der Waals surface area contributed by atoms with E-state index >= 15 is 0 Å². The van der Waals surface area contributed by atoms with Crippen LogP contribution in [-0.4, -0.2) is 23.6 Å². The highest BCUT2D eigenvalue weighted by molar-refractivity contribution is 7.14. The van der Waals surface area contributed by atoms with Crippen LogP contribution >= 0.6 is 11.3 Å². The van der Waals surface area contributed by atoms with Gasteiger partial charge in [-0.2, -0.15) is 0 Å². The quantitative estimate of drug-likeness (QED) is 0.756. The molecule has 0 radical (unpaired) electrons. The second kappa shape index (κ2) is 6.72. The van der Waals surface area contributed by atoms with Crippen LogP contribution in [0.5, 0.6) is 11.5 Å². The minimum Gasteiger partial charge on any atom is -0.485 e. The SMILES string of the molecule is O=C(Nc1nc(-c2c(F)cccc2F)cs1)[C@H]1COc2ccccc2O1. The molecule has 0 aliphatic carbocycles. The van der Waals surface area contributed by atoms with Crippen molar-refractivity contribution in [3.05, 3.63) is 59.5 Å². The average Bonchev–Trinajstić information content (AvgIpc) is 3.09. The van der Waals surface area contributed by atoms with Crippen LogP contribution in [0.3, 0.4) is 0 Å². The molecule has 1 N–H and O–H groups in total. The van der Waals surface area contributed by atoms with Crippen molar-refractivity contribution in [2.75, 3.05) is 11.9 Å². The molecule has 1 aromatic heterocycles. The molecule has 5 nitrogen and oxygen atoms in total. The van der Waals surface area contributed by atoms with E-state index in [4.69, 9.17) is 9.47 Å². The van der Waals surface area contributed by atoms with Gasteiger partial charge in [0.05, 0.1) is 11.3 Å². The standard InChI is InChI=1S/C18H12F2N2O3S/c19-10-4-3-5-11(20)16(10)12-9-26-18(21-12)22-17(23)15-8-24-13-6-1-2-7-14(13)25-15/h1-7,9,15H,8H2,(H,21,22,23)/t15-/m1/s1. The number of hydrogen-bond donors (Lipinski definition) is 1. The van der Waals surface area contributed by atoms with E-state index in [1.54, 1.807) is 18.2 Å². The third-order valence-corrected chi connectivity index (χ3v) is 4.51. The number of fused-ring (bicyclic) bond motifs is 1. The molecule has 3 aromatic rings. The van der Waals surface area contributed by atoms with Crippen LogP contribution in [0.4, 0.5) is 13.9 Å². The zero-order chi connectivity index (χ0) is 18.1. The van der Waals surface area contributed by atoms with Gasteiger partial charge in [-0.15, -0.1) is 11.3 Å². The molecule has 8 heteroatoms. The predicted octanol–water partition coefficient (Wildman–Crippen LogP) is 3.87. The maximum Gasteiger partial charge on any atom is 0.270 e. The van der Waals surface area contributed by atoms with Crippen LogP contribution in [-0.2, 0) is 4.79 Å². The van der Waals surface area contributed by atoms with Crippen LogP contribution in [0.25, 0.3) is 11.3 Å². The Hall–Kier alpha value is -3.00. The first kappa shape index (κ1) is 16.5. The van der Waals surface area contributed by atoms with Gasteiger partial charge in [0.15, 0.2) is 16.6 Å². The molecule has 4 rings (SSSR count). The Balaban J connectivity index is 1.49. The van der Waals surface area contributed by atoms with Crippen molar-refractivity contribution in [3.63, 3.8) is 0 Å². The molecular formula is C18H12F2N2O3S. The van der Waals surface area contributed by atoms with Crippen molar-refractivity contribution < 1.29 is 23.0 Å². The number of para-hydroxylation sites is 2. The van der Waals surface area contributed by atoms with Crippen LogP contribution in [0.2, 0.25) is 0 Å².